The predicted octanol–water partition coefficient (Wildman–Crippen LogP) is 2.87. The molecule has 0 saturated heterocycles. The van der Waals surface area contributed by atoms with Crippen LogP contribution < -0.4 is 5.32 Å². The minimum Gasteiger partial charge on any atom is -0.480 e. The fraction of sp³-hybridized carbons (Fsp3) is 0.222. The highest BCUT2D eigenvalue weighted by Gasteiger charge is 2.22. The van der Waals surface area contributed by atoms with Gasteiger partial charge in [0, 0.05) is 6.42 Å². The first-order valence-corrected chi connectivity index (χ1v) is 7.23. The lowest BCUT2D eigenvalue weighted by atomic mass is 10.0. The first-order valence-electron chi connectivity index (χ1n) is 7.23. The molecule has 23 heavy (non-hydrogen) atoms. The molecule has 0 fully saturated rings. The lowest BCUT2D eigenvalue weighted by molar-refractivity contribution is -0.139. The van der Waals surface area contributed by atoms with Gasteiger partial charge in [-0.05, 0) is 42.7 Å². The van der Waals surface area contributed by atoms with E-state index >= 15 is 0 Å². The van der Waals surface area contributed by atoms with Gasteiger partial charge in [0.1, 0.15) is 11.9 Å². The Balaban J connectivity index is 2.16. The molecule has 0 unspecified atom stereocenters. The topological polar surface area (TPSA) is 66.4 Å². The second-order valence-corrected chi connectivity index (χ2v) is 5.47. The molecule has 0 aliphatic rings. The van der Waals surface area contributed by atoms with Gasteiger partial charge < -0.3 is 10.4 Å². The third kappa shape index (κ3) is 4.16. The van der Waals surface area contributed by atoms with Crippen molar-refractivity contribution < 1.29 is 19.1 Å². The molecule has 0 aromatic heterocycles. The van der Waals surface area contributed by atoms with E-state index in [0.29, 0.717) is 0 Å². The van der Waals surface area contributed by atoms with E-state index in [1.807, 2.05) is 32.0 Å². The van der Waals surface area contributed by atoms with Crippen LogP contribution in [0, 0.1) is 19.7 Å². The average molecular weight is 315 g/mol. The third-order valence-electron chi connectivity index (χ3n) is 3.73. The van der Waals surface area contributed by atoms with Crippen LogP contribution >= 0.6 is 0 Å². The molecule has 0 bridgehead atoms. The van der Waals surface area contributed by atoms with Crippen molar-refractivity contribution >= 4 is 11.9 Å². The number of carboxylic acids is 1. The summed E-state index contributed by atoms with van der Waals surface area (Å²) in [6.45, 7) is 3.90. The summed E-state index contributed by atoms with van der Waals surface area (Å²) in [6.07, 6.45) is 0.136. The second-order valence-electron chi connectivity index (χ2n) is 5.47. The van der Waals surface area contributed by atoms with Crippen molar-refractivity contribution in [2.45, 2.75) is 26.3 Å². The van der Waals surface area contributed by atoms with Crippen LogP contribution in [0.25, 0.3) is 0 Å². The zero-order chi connectivity index (χ0) is 17.0. The lowest BCUT2D eigenvalue weighted by Gasteiger charge is -2.15. The van der Waals surface area contributed by atoms with Crippen LogP contribution in [0.1, 0.15) is 27.0 Å². The molecular weight excluding hydrogens is 297 g/mol. The average Bonchev–Trinajstić information content (AvgIpc) is 2.50. The zero-order valence-electron chi connectivity index (χ0n) is 13.0. The number of carbonyl (C=O) groups is 2. The van der Waals surface area contributed by atoms with Crippen LogP contribution in [0.4, 0.5) is 4.39 Å². The molecule has 2 aromatic carbocycles. The van der Waals surface area contributed by atoms with Crippen LogP contribution in [0.2, 0.25) is 0 Å². The molecular formula is C18H18FNO3. The van der Waals surface area contributed by atoms with Crippen LogP contribution in [-0.4, -0.2) is 23.0 Å². The summed E-state index contributed by atoms with van der Waals surface area (Å²) in [7, 11) is 0. The van der Waals surface area contributed by atoms with E-state index in [1.165, 1.54) is 18.2 Å². The monoisotopic (exact) mass is 315 g/mol. The number of halogens is 1. The van der Waals surface area contributed by atoms with Crippen molar-refractivity contribution in [1.82, 2.24) is 5.32 Å². The summed E-state index contributed by atoms with van der Waals surface area (Å²) in [5, 5.41) is 11.7. The van der Waals surface area contributed by atoms with E-state index in [4.69, 9.17) is 0 Å². The zero-order valence-corrected chi connectivity index (χ0v) is 13.0. The van der Waals surface area contributed by atoms with Crippen molar-refractivity contribution in [2.75, 3.05) is 0 Å². The van der Waals surface area contributed by atoms with Gasteiger partial charge in [0.15, 0.2) is 0 Å². The Labute approximate surface area is 134 Å². The Morgan fingerprint density at radius 1 is 1.13 bits per heavy atom. The summed E-state index contributed by atoms with van der Waals surface area (Å²) in [5.74, 6) is -2.58. The van der Waals surface area contributed by atoms with Gasteiger partial charge in [0.2, 0.25) is 0 Å². The van der Waals surface area contributed by atoms with Gasteiger partial charge in [-0.2, -0.15) is 0 Å². The summed E-state index contributed by atoms with van der Waals surface area (Å²) in [4.78, 5) is 23.5. The maximum absolute atomic E-state index is 13.6. The van der Waals surface area contributed by atoms with Crippen LogP contribution in [0.15, 0.2) is 42.5 Å². The molecule has 0 radical (unpaired) electrons. The van der Waals surface area contributed by atoms with Gasteiger partial charge in [0.25, 0.3) is 5.91 Å². The van der Waals surface area contributed by atoms with Gasteiger partial charge in [-0.3, -0.25) is 4.79 Å². The number of amides is 1. The molecule has 1 atom stereocenters. The Kier molecular flexibility index (Phi) is 5.11. The predicted molar refractivity (Wildman–Crippen MR) is 84.9 cm³/mol. The molecule has 2 aromatic rings. The van der Waals surface area contributed by atoms with Crippen molar-refractivity contribution in [3.63, 3.8) is 0 Å². The third-order valence-corrected chi connectivity index (χ3v) is 3.73. The fourth-order valence-corrected chi connectivity index (χ4v) is 2.25. The molecule has 1 amide bonds. The normalized spacial score (nSPS) is 11.8. The van der Waals surface area contributed by atoms with Gasteiger partial charge in [0.05, 0.1) is 5.56 Å². The van der Waals surface area contributed by atoms with Gasteiger partial charge >= 0.3 is 5.97 Å². The summed E-state index contributed by atoms with van der Waals surface area (Å²) in [6, 6.07) is 9.97. The van der Waals surface area contributed by atoms with E-state index in [2.05, 4.69) is 5.32 Å². The number of rotatable bonds is 5. The van der Waals surface area contributed by atoms with Gasteiger partial charge in [-0.1, -0.05) is 30.3 Å². The van der Waals surface area contributed by atoms with Crippen molar-refractivity contribution in [1.29, 1.82) is 0 Å². The summed E-state index contributed by atoms with van der Waals surface area (Å²) in [5.41, 5.74) is 2.79. The van der Waals surface area contributed by atoms with E-state index in [-0.39, 0.29) is 12.0 Å². The minimum absolute atomic E-state index is 0.136. The Bertz CT molecular complexity index is 743. The highest BCUT2D eigenvalue weighted by Crippen LogP contribution is 2.13. The molecule has 0 aliphatic heterocycles. The van der Waals surface area contributed by atoms with Crippen molar-refractivity contribution in [3.8, 4) is 0 Å². The quantitative estimate of drug-likeness (QED) is 0.891. The number of aliphatic carboxylic acids is 1. The van der Waals surface area contributed by atoms with E-state index < -0.39 is 23.7 Å². The van der Waals surface area contributed by atoms with Crippen molar-refractivity contribution in [2.24, 2.45) is 0 Å². The van der Waals surface area contributed by atoms with Crippen LogP contribution in [0.5, 0.6) is 0 Å². The van der Waals surface area contributed by atoms with Gasteiger partial charge in [-0.25, -0.2) is 9.18 Å². The van der Waals surface area contributed by atoms with Crippen molar-refractivity contribution in [3.05, 3.63) is 70.5 Å². The van der Waals surface area contributed by atoms with Crippen LogP contribution in [-0.2, 0) is 11.2 Å². The lowest BCUT2D eigenvalue weighted by Crippen LogP contribution is -2.42. The number of nitrogens with one attached hydrogen (secondary N) is 1. The fourth-order valence-electron chi connectivity index (χ4n) is 2.25. The first-order chi connectivity index (χ1) is 10.9. The smallest absolute Gasteiger partial charge is 0.326 e. The largest absolute Gasteiger partial charge is 0.480 e. The number of hydrogen-bond donors (Lipinski definition) is 2. The molecule has 120 valence electrons. The molecule has 2 N–H and O–H groups in total. The maximum Gasteiger partial charge on any atom is 0.326 e. The summed E-state index contributed by atoms with van der Waals surface area (Å²) < 4.78 is 13.6. The molecule has 0 spiro atoms. The SMILES string of the molecule is Cc1ccc(C[C@@H](NC(=O)c2ccccc2F)C(=O)O)cc1C. The molecule has 5 heteroatoms. The maximum atomic E-state index is 13.6. The molecule has 0 saturated carbocycles. The van der Waals surface area contributed by atoms with E-state index in [1.54, 1.807) is 0 Å². The number of carbonyl (C=O) groups excluding carboxylic acids is 1. The summed E-state index contributed by atoms with van der Waals surface area (Å²) >= 11 is 0. The molecule has 0 heterocycles. The van der Waals surface area contributed by atoms with Gasteiger partial charge in [-0.15, -0.1) is 0 Å². The Morgan fingerprint density at radius 2 is 1.83 bits per heavy atom. The molecule has 4 nitrogen and oxygen atoms in total. The molecule has 2 rings (SSSR count). The van der Waals surface area contributed by atoms with E-state index in [0.717, 1.165) is 22.8 Å². The Morgan fingerprint density at radius 3 is 2.43 bits per heavy atom. The highest BCUT2D eigenvalue weighted by atomic mass is 19.1. The number of aryl methyl sites for hydroxylation is 2. The second kappa shape index (κ2) is 7.05. The highest BCUT2D eigenvalue weighted by molar-refractivity contribution is 5.96. The number of benzene rings is 2. The number of hydrogen-bond acceptors (Lipinski definition) is 2. The van der Waals surface area contributed by atoms with E-state index in [9.17, 15) is 19.1 Å². The first kappa shape index (κ1) is 16.7. The van der Waals surface area contributed by atoms with Crippen LogP contribution in [0.3, 0.4) is 0 Å². The standard InChI is InChI=1S/C18H18FNO3/c1-11-7-8-13(9-12(11)2)10-16(18(22)23)20-17(21)14-5-3-4-6-15(14)19/h3-9,16H,10H2,1-2H3,(H,20,21)(H,22,23)/t16-/m1/s1. The number of carboxylic acid groups (broad SMARTS) is 1. The Hall–Kier alpha value is -2.69. The molecule has 0 aliphatic carbocycles. The minimum atomic E-state index is -1.16.